The maximum Gasteiger partial charge on any atom is 4.00 e. The van der Waals surface area contributed by atoms with Crippen molar-refractivity contribution in [3.05, 3.63) is 0 Å². The molecule has 7 heteroatoms. The molecule has 0 spiro atoms. The van der Waals surface area contributed by atoms with E-state index in [1.54, 1.807) is 0 Å². The summed E-state index contributed by atoms with van der Waals surface area (Å²) in [5.74, 6) is 0. The molecule has 0 radical (unpaired) electrons. The van der Waals surface area contributed by atoms with Crippen LogP contribution in [-0.2, 0) is 26.2 Å². The predicted octanol–water partition coefficient (Wildman–Crippen LogP) is -5.52. The fraction of sp³-hybridized carbons (Fsp3) is 0. The van der Waals surface area contributed by atoms with Crippen LogP contribution in [0.1, 0.15) is 0 Å². The molecule has 0 saturated carbocycles. The minimum absolute atomic E-state index is 0. The molecule has 0 aromatic heterocycles. The zero-order valence-electron chi connectivity index (χ0n) is 3.34. The van der Waals surface area contributed by atoms with Crippen molar-refractivity contribution in [3.8, 4) is 0 Å². The molecule has 0 aromatic carbocycles. The summed E-state index contributed by atoms with van der Waals surface area (Å²) in [4.78, 5) is 34.3. The molecule has 0 aliphatic heterocycles. The molecule has 0 rings (SSSR count). The summed E-state index contributed by atoms with van der Waals surface area (Å²) in [5, 5.41) is 0. The summed E-state index contributed by atoms with van der Waals surface area (Å²) in [5.41, 5.74) is 0. The van der Waals surface area contributed by atoms with Crippen molar-refractivity contribution in [3.63, 3.8) is 0 Å². The molecule has 0 unspecified atom stereocenters. The van der Waals surface area contributed by atoms with Gasteiger partial charge in [-0.2, -0.15) is 0 Å². The molecule has 0 bridgehead atoms. The second-order valence-electron chi connectivity index (χ2n) is 0.500. The minimum atomic E-state index is -5.61. The Labute approximate surface area is 90.8 Å². The van der Waals surface area contributed by atoms with Gasteiger partial charge in [0.05, 0.1) is 0 Å². The molecule has 0 saturated heterocycles. The van der Waals surface area contributed by atoms with Crippen molar-refractivity contribution >= 4 is 46.8 Å². The van der Waals surface area contributed by atoms with Gasteiger partial charge in [0.1, 0.15) is 0 Å². The summed E-state index contributed by atoms with van der Waals surface area (Å²) >= 11 is 0. The van der Waals surface area contributed by atoms with Crippen LogP contribution in [0.3, 0.4) is 0 Å². The van der Waals surface area contributed by atoms with Crippen molar-refractivity contribution < 1.29 is 45.4 Å². The Hall–Kier alpha value is 2.20. The van der Waals surface area contributed by atoms with E-state index in [0.717, 1.165) is 0 Å². The molecule has 0 aliphatic rings. The first-order valence-corrected chi connectivity index (χ1v) is 2.45. The Kier molecular flexibility index (Phi) is 14.5. The van der Waals surface area contributed by atoms with Crippen molar-refractivity contribution in [1.29, 1.82) is 0 Å². The molecule has 0 aliphatic carbocycles. The summed E-state index contributed by atoms with van der Waals surface area (Å²) in [6.07, 6.45) is 0. The Morgan fingerprint density at radius 3 is 0.857 bits per heavy atom. The Morgan fingerprint density at radius 1 is 0.857 bits per heavy atom. The second kappa shape index (κ2) is 6.32. The SMILES string of the molecule is [Ca+2].[O-][Si]([O-])([O-])[O-].[Zr+4]. The molecular weight excluding hydrogens is 223 g/mol. The normalized spacial score (nSPS) is 8.57. The fourth-order valence-electron chi connectivity index (χ4n) is 0. The van der Waals surface area contributed by atoms with Crippen LogP contribution in [0.5, 0.6) is 0 Å². The van der Waals surface area contributed by atoms with Crippen molar-refractivity contribution in [1.82, 2.24) is 0 Å². The van der Waals surface area contributed by atoms with E-state index in [0.29, 0.717) is 0 Å². The van der Waals surface area contributed by atoms with E-state index in [2.05, 4.69) is 0 Å². The standard InChI is InChI=1S/Ca.O4Si.Zr/c;1-5(2,3)4;/q+2;-4;+4. The van der Waals surface area contributed by atoms with Gasteiger partial charge in [0.15, 0.2) is 0 Å². The van der Waals surface area contributed by atoms with E-state index in [4.69, 9.17) is 19.2 Å². The monoisotopic (exact) mass is 222 g/mol. The van der Waals surface area contributed by atoms with E-state index < -0.39 is 9.05 Å². The van der Waals surface area contributed by atoms with Gasteiger partial charge in [-0.25, -0.2) is 0 Å². The van der Waals surface area contributed by atoms with Crippen LogP contribution in [0.15, 0.2) is 0 Å². The number of rotatable bonds is 0. The Morgan fingerprint density at radius 2 is 0.857 bits per heavy atom. The van der Waals surface area contributed by atoms with E-state index in [1.165, 1.54) is 0 Å². The van der Waals surface area contributed by atoms with Gasteiger partial charge in [-0.1, -0.05) is 0 Å². The van der Waals surface area contributed by atoms with Gasteiger partial charge in [0.25, 0.3) is 0 Å². The molecule has 4 nitrogen and oxygen atoms in total. The van der Waals surface area contributed by atoms with Crippen LogP contribution >= 0.6 is 0 Å². The summed E-state index contributed by atoms with van der Waals surface area (Å²) in [6, 6.07) is 0. The molecule has 0 amide bonds. The number of hydrogen-bond acceptors (Lipinski definition) is 4. The molecule has 0 atom stereocenters. The van der Waals surface area contributed by atoms with Gasteiger partial charge >= 0.3 is 63.9 Å². The van der Waals surface area contributed by atoms with Gasteiger partial charge in [-0.05, 0) is 0 Å². The van der Waals surface area contributed by atoms with Crippen molar-refractivity contribution in [2.45, 2.75) is 0 Å². The minimum Gasteiger partial charge on any atom is -0.894 e. The Bertz CT molecular complexity index is 27.2. The zero-order chi connectivity index (χ0) is 4.50. The first-order valence-electron chi connectivity index (χ1n) is 0.816. The molecule has 7 heavy (non-hydrogen) atoms. The maximum atomic E-state index is 8.58. The molecule has 32 valence electrons. The third-order valence-corrected chi connectivity index (χ3v) is 0. The molecule has 0 heterocycles. The summed E-state index contributed by atoms with van der Waals surface area (Å²) < 4.78 is 0. The van der Waals surface area contributed by atoms with Crippen LogP contribution < -0.4 is 19.2 Å². The average Bonchev–Trinajstić information content (AvgIpc) is 0.722. The summed E-state index contributed by atoms with van der Waals surface area (Å²) in [6.45, 7) is 0. The molecule has 0 N–H and O–H groups in total. The summed E-state index contributed by atoms with van der Waals surface area (Å²) in [7, 11) is -5.61. The van der Waals surface area contributed by atoms with Crippen LogP contribution in [0.25, 0.3) is 0 Å². The van der Waals surface area contributed by atoms with Gasteiger partial charge < -0.3 is 28.2 Å². The Balaban J connectivity index is -0.0000000800. The van der Waals surface area contributed by atoms with Crippen LogP contribution in [-0.4, -0.2) is 46.8 Å². The first-order chi connectivity index (χ1) is 2.00. The predicted molar refractivity (Wildman–Crippen MR) is 11.5 cm³/mol. The number of hydrogen-bond donors (Lipinski definition) is 0. The first kappa shape index (κ1) is 16.1. The third-order valence-electron chi connectivity index (χ3n) is 0. The van der Waals surface area contributed by atoms with Crippen molar-refractivity contribution in [2.75, 3.05) is 0 Å². The van der Waals surface area contributed by atoms with Crippen LogP contribution in [0.4, 0.5) is 0 Å². The quantitative estimate of drug-likeness (QED) is 0.383. The van der Waals surface area contributed by atoms with E-state index in [1.807, 2.05) is 0 Å². The van der Waals surface area contributed by atoms with Crippen LogP contribution in [0.2, 0.25) is 0 Å². The second-order valence-corrected chi connectivity index (χ2v) is 1.50. The van der Waals surface area contributed by atoms with Gasteiger partial charge in [0, 0.05) is 0 Å². The maximum absolute atomic E-state index is 8.58. The van der Waals surface area contributed by atoms with Crippen LogP contribution in [0, 0.1) is 0 Å². The molecule has 0 fully saturated rings. The average molecular weight is 223 g/mol. The van der Waals surface area contributed by atoms with Gasteiger partial charge in [-0.15, -0.1) is 0 Å². The zero-order valence-corrected chi connectivity index (χ0v) is 9.01. The smallest absolute Gasteiger partial charge is 0.894 e. The fourth-order valence-corrected chi connectivity index (χ4v) is 0. The van der Waals surface area contributed by atoms with Crippen molar-refractivity contribution in [2.24, 2.45) is 0 Å². The molecular formula is CaO4SiZr+2. The largest absolute Gasteiger partial charge is 4.00 e. The molecule has 0 aromatic rings. The van der Waals surface area contributed by atoms with Gasteiger partial charge in [-0.3, -0.25) is 0 Å². The third kappa shape index (κ3) is 65.1. The van der Waals surface area contributed by atoms with E-state index in [-0.39, 0.29) is 63.9 Å². The van der Waals surface area contributed by atoms with E-state index in [9.17, 15) is 0 Å². The topological polar surface area (TPSA) is 92.2 Å². The van der Waals surface area contributed by atoms with Gasteiger partial charge in [0.2, 0.25) is 0 Å². The van der Waals surface area contributed by atoms with E-state index >= 15 is 0 Å².